The van der Waals surface area contributed by atoms with E-state index in [4.69, 9.17) is 9.15 Å². The van der Waals surface area contributed by atoms with Gasteiger partial charge >= 0.3 is 6.09 Å². The van der Waals surface area contributed by atoms with Crippen LogP contribution in [0.5, 0.6) is 0 Å². The summed E-state index contributed by atoms with van der Waals surface area (Å²) in [5.41, 5.74) is 0.246. The SMILES string of the molecule is CC(C)CC(CNC(C)(C)C(=O)CSCc1ccco1)NC(=O)OCc1ccccc1. The lowest BCUT2D eigenvalue weighted by Gasteiger charge is -2.29. The molecule has 1 heterocycles. The molecular weight excluding hydrogens is 412 g/mol. The minimum absolute atomic E-state index is 0.110. The van der Waals surface area contributed by atoms with Crippen molar-refractivity contribution >= 4 is 23.6 Å². The van der Waals surface area contributed by atoms with Gasteiger partial charge in [-0.05, 0) is 43.9 Å². The van der Waals surface area contributed by atoms with Crippen molar-refractivity contribution in [3.05, 3.63) is 60.1 Å². The number of amides is 1. The van der Waals surface area contributed by atoms with Crippen molar-refractivity contribution in [2.75, 3.05) is 12.3 Å². The molecule has 2 aromatic rings. The Labute approximate surface area is 189 Å². The van der Waals surface area contributed by atoms with Crippen LogP contribution in [-0.4, -0.2) is 35.8 Å². The van der Waals surface area contributed by atoms with Crippen LogP contribution in [0.3, 0.4) is 0 Å². The first-order valence-corrected chi connectivity index (χ1v) is 11.8. The summed E-state index contributed by atoms with van der Waals surface area (Å²) < 4.78 is 10.7. The average Bonchev–Trinajstić information content (AvgIpc) is 3.24. The van der Waals surface area contributed by atoms with Crippen LogP contribution in [0.1, 0.15) is 45.4 Å². The van der Waals surface area contributed by atoms with Gasteiger partial charge < -0.3 is 19.8 Å². The Kier molecular flexibility index (Phi) is 10.1. The van der Waals surface area contributed by atoms with Crippen LogP contribution in [0, 0.1) is 5.92 Å². The number of thioether (sulfide) groups is 1. The first-order valence-electron chi connectivity index (χ1n) is 10.6. The second kappa shape index (κ2) is 12.6. The van der Waals surface area contributed by atoms with Crippen molar-refractivity contribution in [3.8, 4) is 0 Å². The Hall–Kier alpha value is -2.25. The highest BCUT2D eigenvalue weighted by Gasteiger charge is 2.28. The molecular formula is C24H34N2O4S. The van der Waals surface area contributed by atoms with Crippen LogP contribution in [0.25, 0.3) is 0 Å². The first-order chi connectivity index (χ1) is 14.8. The Morgan fingerprint density at radius 3 is 2.52 bits per heavy atom. The minimum Gasteiger partial charge on any atom is -0.468 e. The molecule has 31 heavy (non-hydrogen) atoms. The van der Waals surface area contributed by atoms with E-state index >= 15 is 0 Å². The summed E-state index contributed by atoms with van der Waals surface area (Å²) in [6.45, 7) is 8.68. The topological polar surface area (TPSA) is 80.6 Å². The Balaban J connectivity index is 1.79. The lowest BCUT2D eigenvalue weighted by molar-refractivity contribution is -0.121. The van der Waals surface area contributed by atoms with Crippen LogP contribution in [0.4, 0.5) is 4.79 Å². The summed E-state index contributed by atoms with van der Waals surface area (Å²) >= 11 is 1.53. The summed E-state index contributed by atoms with van der Waals surface area (Å²) in [4.78, 5) is 25.0. The third kappa shape index (κ3) is 9.61. The van der Waals surface area contributed by atoms with E-state index in [1.807, 2.05) is 56.3 Å². The molecule has 0 aliphatic rings. The van der Waals surface area contributed by atoms with Crippen molar-refractivity contribution in [1.29, 1.82) is 0 Å². The maximum Gasteiger partial charge on any atom is 0.407 e. The van der Waals surface area contributed by atoms with Crippen molar-refractivity contribution in [2.45, 2.75) is 58.1 Å². The van der Waals surface area contributed by atoms with Gasteiger partial charge in [0.25, 0.3) is 0 Å². The molecule has 0 saturated carbocycles. The van der Waals surface area contributed by atoms with Crippen molar-refractivity contribution in [1.82, 2.24) is 10.6 Å². The molecule has 6 nitrogen and oxygen atoms in total. The number of hydrogen-bond donors (Lipinski definition) is 2. The molecule has 0 aliphatic heterocycles. The normalized spacial score (nSPS) is 12.5. The smallest absolute Gasteiger partial charge is 0.407 e. The largest absolute Gasteiger partial charge is 0.468 e. The minimum atomic E-state index is -0.693. The number of ether oxygens (including phenoxy) is 1. The number of ketones is 1. The van der Waals surface area contributed by atoms with Gasteiger partial charge in [-0.1, -0.05) is 44.2 Å². The highest BCUT2D eigenvalue weighted by atomic mass is 32.2. The van der Waals surface area contributed by atoms with E-state index in [1.54, 1.807) is 6.26 Å². The fraction of sp³-hybridized carbons (Fsp3) is 0.500. The number of rotatable bonds is 13. The van der Waals surface area contributed by atoms with Crippen LogP contribution in [0.15, 0.2) is 53.1 Å². The van der Waals surface area contributed by atoms with E-state index in [9.17, 15) is 9.59 Å². The Morgan fingerprint density at radius 1 is 1.13 bits per heavy atom. The molecule has 0 spiro atoms. The number of alkyl carbamates (subject to hydrolysis) is 1. The second-order valence-electron chi connectivity index (χ2n) is 8.53. The first kappa shape index (κ1) is 25.0. The predicted octanol–water partition coefficient (Wildman–Crippen LogP) is 4.79. The molecule has 0 fully saturated rings. The zero-order valence-electron chi connectivity index (χ0n) is 18.9. The van der Waals surface area contributed by atoms with Crippen LogP contribution in [-0.2, 0) is 21.9 Å². The number of hydrogen-bond acceptors (Lipinski definition) is 6. The number of carbonyl (C=O) groups excluding carboxylic acids is 2. The standard InChI is InChI=1S/C24H34N2O4S/c1-18(2)13-20(26-23(28)30-15-19-9-6-5-7-10-19)14-25-24(3,4)22(27)17-31-16-21-11-8-12-29-21/h5-12,18,20,25H,13-17H2,1-4H3,(H,26,28). The van der Waals surface area contributed by atoms with E-state index in [0.717, 1.165) is 17.7 Å². The van der Waals surface area contributed by atoms with Gasteiger partial charge in [-0.25, -0.2) is 4.79 Å². The highest BCUT2D eigenvalue weighted by Crippen LogP contribution is 2.16. The van der Waals surface area contributed by atoms with Gasteiger partial charge in [-0.2, -0.15) is 0 Å². The molecule has 1 aromatic heterocycles. The summed E-state index contributed by atoms with van der Waals surface area (Å²) in [6.07, 6.45) is 1.97. The zero-order chi connectivity index (χ0) is 22.7. The van der Waals surface area contributed by atoms with E-state index < -0.39 is 11.6 Å². The number of carbonyl (C=O) groups is 2. The molecule has 2 N–H and O–H groups in total. The molecule has 0 saturated heterocycles. The monoisotopic (exact) mass is 446 g/mol. The predicted molar refractivity (Wildman–Crippen MR) is 125 cm³/mol. The van der Waals surface area contributed by atoms with E-state index in [2.05, 4.69) is 24.5 Å². The van der Waals surface area contributed by atoms with Crippen molar-refractivity contribution in [3.63, 3.8) is 0 Å². The molecule has 170 valence electrons. The zero-order valence-corrected chi connectivity index (χ0v) is 19.7. The lowest BCUT2D eigenvalue weighted by atomic mass is 9.98. The number of Topliss-reactive ketones (excluding diaryl/α,β-unsaturated/α-hetero) is 1. The molecule has 0 radical (unpaired) electrons. The molecule has 0 aliphatic carbocycles. The number of benzene rings is 1. The maximum atomic E-state index is 12.7. The molecule has 1 atom stereocenters. The third-order valence-corrected chi connectivity index (χ3v) is 5.79. The second-order valence-corrected chi connectivity index (χ2v) is 9.52. The van der Waals surface area contributed by atoms with E-state index in [1.165, 1.54) is 11.8 Å². The Bertz CT molecular complexity index is 791. The molecule has 1 unspecified atom stereocenters. The van der Waals surface area contributed by atoms with E-state index in [0.29, 0.717) is 24.0 Å². The summed E-state index contributed by atoms with van der Waals surface area (Å²) in [7, 11) is 0. The highest BCUT2D eigenvalue weighted by molar-refractivity contribution is 7.99. The van der Waals surface area contributed by atoms with Gasteiger partial charge in [0.15, 0.2) is 5.78 Å². The van der Waals surface area contributed by atoms with Crippen LogP contribution < -0.4 is 10.6 Å². The summed E-state index contributed by atoms with van der Waals surface area (Å²) in [5.74, 6) is 2.42. The fourth-order valence-corrected chi connectivity index (χ4v) is 4.00. The average molecular weight is 447 g/mol. The van der Waals surface area contributed by atoms with Gasteiger partial charge in [0.05, 0.1) is 23.3 Å². The van der Waals surface area contributed by atoms with Crippen LogP contribution in [0.2, 0.25) is 0 Å². The maximum absolute atomic E-state index is 12.7. The van der Waals surface area contributed by atoms with Crippen LogP contribution >= 0.6 is 11.8 Å². The van der Waals surface area contributed by atoms with Gasteiger partial charge in [0.1, 0.15) is 12.4 Å². The number of furan rings is 1. The van der Waals surface area contributed by atoms with Crippen molar-refractivity contribution < 1.29 is 18.7 Å². The molecule has 1 amide bonds. The molecule has 0 bridgehead atoms. The molecule has 2 rings (SSSR count). The van der Waals surface area contributed by atoms with Crippen molar-refractivity contribution in [2.24, 2.45) is 5.92 Å². The summed E-state index contributed by atoms with van der Waals surface area (Å²) in [5, 5.41) is 6.27. The van der Waals surface area contributed by atoms with Gasteiger partial charge in [-0.15, -0.1) is 11.8 Å². The quantitative estimate of drug-likeness (QED) is 0.460. The van der Waals surface area contributed by atoms with Gasteiger partial charge in [0.2, 0.25) is 0 Å². The van der Waals surface area contributed by atoms with Gasteiger partial charge in [0, 0.05) is 12.6 Å². The molecule has 1 aromatic carbocycles. The van der Waals surface area contributed by atoms with E-state index in [-0.39, 0.29) is 18.4 Å². The summed E-state index contributed by atoms with van der Waals surface area (Å²) in [6, 6.07) is 13.2. The third-order valence-electron chi connectivity index (χ3n) is 4.84. The molecule has 7 heteroatoms. The Morgan fingerprint density at radius 2 is 1.87 bits per heavy atom. The lowest BCUT2D eigenvalue weighted by Crippen LogP contribution is -2.53. The fourth-order valence-electron chi connectivity index (χ4n) is 2.99. The van der Waals surface area contributed by atoms with Gasteiger partial charge in [-0.3, -0.25) is 4.79 Å². The number of nitrogens with one attached hydrogen (secondary N) is 2.